The van der Waals surface area contributed by atoms with Crippen LogP contribution in [0.3, 0.4) is 0 Å². The zero-order valence-corrected chi connectivity index (χ0v) is 19.7. The Morgan fingerprint density at radius 3 is 2.58 bits per heavy atom. The van der Waals surface area contributed by atoms with Gasteiger partial charge in [0.15, 0.2) is 0 Å². The number of aliphatic imine (C=N–C) groups is 1. The molecule has 9 nitrogen and oxygen atoms in total. The fourth-order valence-electron chi connectivity index (χ4n) is 4.87. The van der Waals surface area contributed by atoms with Crippen LogP contribution < -0.4 is 15.8 Å². The van der Waals surface area contributed by atoms with Crippen LogP contribution in [-0.2, 0) is 5.54 Å². The quantitative estimate of drug-likeness (QED) is 0.523. The molecular formula is C22H28FN5O4S. The third kappa shape index (κ3) is 3.21. The first-order valence-corrected chi connectivity index (χ1v) is 12.0. The number of methoxy groups -OCH3 is 1. The number of anilines is 1. The number of fused-ring (bicyclic) bond motifs is 2. The molecule has 0 spiro atoms. The van der Waals surface area contributed by atoms with Crippen molar-refractivity contribution in [3.05, 3.63) is 47.7 Å². The Labute approximate surface area is 193 Å². The lowest BCUT2D eigenvalue weighted by Crippen LogP contribution is -2.66. The van der Waals surface area contributed by atoms with E-state index >= 15 is 4.39 Å². The number of amidine groups is 1. The van der Waals surface area contributed by atoms with Gasteiger partial charge in [0.05, 0.1) is 24.3 Å². The molecule has 1 saturated heterocycles. The molecule has 0 radical (unpaired) electrons. The van der Waals surface area contributed by atoms with Gasteiger partial charge in [-0.15, -0.1) is 0 Å². The maximum Gasteiger partial charge on any atom is 0.275 e. The highest BCUT2D eigenvalue weighted by Crippen LogP contribution is 2.75. The van der Waals surface area contributed by atoms with Crippen LogP contribution in [-0.4, -0.2) is 47.4 Å². The van der Waals surface area contributed by atoms with E-state index < -0.39 is 37.3 Å². The predicted octanol–water partition coefficient (Wildman–Crippen LogP) is 3.91. The number of nitrogens with one attached hydrogen (secondary N) is 1. The summed E-state index contributed by atoms with van der Waals surface area (Å²) in [5.41, 5.74) is 5.38. The maximum atomic E-state index is 15.2. The van der Waals surface area contributed by atoms with E-state index in [4.69, 9.17) is 10.5 Å². The smallest absolute Gasteiger partial charge is 0.275 e. The Bertz CT molecular complexity index is 1140. The zero-order valence-electron chi connectivity index (χ0n) is 18.9. The minimum atomic E-state index is -3.31. The molecule has 2 aromatic rings. The summed E-state index contributed by atoms with van der Waals surface area (Å²) in [6.07, 6.45) is 4.22. The van der Waals surface area contributed by atoms with Crippen molar-refractivity contribution in [3.8, 4) is 5.88 Å². The van der Waals surface area contributed by atoms with Gasteiger partial charge in [-0.1, -0.05) is 0 Å². The highest BCUT2D eigenvalue weighted by Gasteiger charge is 2.67. The molecule has 3 heterocycles. The van der Waals surface area contributed by atoms with Gasteiger partial charge in [-0.25, -0.2) is 14.4 Å². The second-order valence-electron chi connectivity index (χ2n) is 9.03. The van der Waals surface area contributed by atoms with E-state index in [0.717, 1.165) is 0 Å². The molecule has 2 aliphatic heterocycles. The summed E-state index contributed by atoms with van der Waals surface area (Å²) >= 11 is 0. The number of amides is 1. The number of carbonyl (C=O) groups excluding carboxylic acids is 1. The molecule has 0 aliphatic carbocycles. The molecule has 11 heteroatoms. The highest BCUT2D eigenvalue weighted by atomic mass is 32.3. The number of nitrogens with two attached hydrogens (primary N) is 1. The third-order valence-electron chi connectivity index (χ3n) is 7.30. The molecule has 2 bridgehead atoms. The number of carbonyl (C=O) groups is 1. The fraction of sp³-hybridized carbons (Fsp3) is 0.455. The van der Waals surface area contributed by atoms with Gasteiger partial charge in [-0.05, 0) is 58.2 Å². The van der Waals surface area contributed by atoms with Crippen LogP contribution in [0, 0.1) is 5.82 Å². The van der Waals surface area contributed by atoms with Gasteiger partial charge in [0.1, 0.15) is 27.6 Å². The molecule has 2 aliphatic rings. The van der Waals surface area contributed by atoms with E-state index in [1.165, 1.54) is 37.7 Å². The number of nitrogens with zero attached hydrogens (tertiary/aromatic N) is 3. The molecule has 3 atom stereocenters. The van der Waals surface area contributed by atoms with Crippen molar-refractivity contribution in [3.63, 3.8) is 0 Å². The van der Waals surface area contributed by atoms with Gasteiger partial charge in [0, 0.05) is 11.3 Å². The first kappa shape index (κ1) is 23.4. The standard InChI is InChI=1S/C22H28FN5O4S/c1-20-8-5-9-21(2,33(20,30)31)22(3,28-19(20)24)14-10-13(6-7-15(14)23)27-18(29)16-11-26-17(32-4)12-25-16/h6-7,10-12,30-31H,5,8-9H2,1-4H3,(H2,24,28)(H,27,29)/t20-,21+,22-/m1/s1. The SMILES string of the molecule is COc1cnc(C(=O)Nc2ccc(F)c([C@@]3(C)N=C(N)[C@@]4(C)CCC[C@]3(C)S4(O)O)c2)cn1. The number of rotatable bonds is 4. The lowest BCUT2D eigenvalue weighted by molar-refractivity contribution is 0.102. The number of hydrogen-bond acceptors (Lipinski definition) is 8. The van der Waals surface area contributed by atoms with Crippen molar-refractivity contribution >= 4 is 28.0 Å². The number of aromatic nitrogens is 2. The molecule has 1 amide bonds. The van der Waals surface area contributed by atoms with Gasteiger partial charge in [0.25, 0.3) is 5.91 Å². The van der Waals surface area contributed by atoms with Gasteiger partial charge in [0.2, 0.25) is 5.88 Å². The minimum Gasteiger partial charge on any atom is -0.480 e. The molecule has 0 saturated carbocycles. The number of hydrogen-bond donors (Lipinski definition) is 4. The van der Waals surface area contributed by atoms with Crippen LogP contribution >= 0.6 is 10.6 Å². The highest BCUT2D eigenvalue weighted by molar-refractivity contribution is 8.27. The molecule has 5 N–H and O–H groups in total. The Morgan fingerprint density at radius 2 is 1.94 bits per heavy atom. The molecule has 1 aromatic carbocycles. The van der Waals surface area contributed by atoms with Crippen LogP contribution in [0.1, 0.15) is 56.1 Å². The lowest BCUT2D eigenvalue weighted by Gasteiger charge is -2.68. The summed E-state index contributed by atoms with van der Waals surface area (Å²) in [5, 5.41) is 2.68. The minimum absolute atomic E-state index is 0.0528. The van der Waals surface area contributed by atoms with Gasteiger partial charge >= 0.3 is 0 Å². The normalized spacial score (nSPS) is 31.3. The van der Waals surface area contributed by atoms with Crippen LogP contribution in [0.4, 0.5) is 10.1 Å². The molecule has 1 fully saturated rings. The monoisotopic (exact) mass is 477 g/mol. The Hall–Kier alpha value is -2.76. The van der Waals surface area contributed by atoms with E-state index in [1.54, 1.807) is 20.8 Å². The largest absolute Gasteiger partial charge is 0.480 e. The lowest BCUT2D eigenvalue weighted by atomic mass is 9.74. The number of halogens is 1. The summed E-state index contributed by atoms with van der Waals surface area (Å²) in [6.45, 7) is 5.10. The van der Waals surface area contributed by atoms with Gasteiger partial charge < -0.3 is 15.8 Å². The second kappa shape index (κ2) is 7.64. The van der Waals surface area contributed by atoms with E-state index in [-0.39, 0.29) is 23.0 Å². The summed E-state index contributed by atoms with van der Waals surface area (Å²) < 4.78 is 40.7. The van der Waals surface area contributed by atoms with Crippen LogP contribution in [0.15, 0.2) is 35.6 Å². The third-order valence-corrected chi connectivity index (χ3v) is 10.8. The average Bonchev–Trinajstić information content (AvgIpc) is 2.78. The average molecular weight is 478 g/mol. The molecule has 1 aromatic heterocycles. The molecule has 4 rings (SSSR count). The van der Waals surface area contributed by atoms with Crippen molar-refractivity contribution in [2.24, 2.45) is 10.7 Å². The summed E-state index contributed by atoms with van der Waals surface area (Å²) in [5.74, 6) is -0.755. The predicted molar refractivity (Wildman–Crippen MR) is 125 cm³/mol. The topological polar surface area (TPSA) is 143 Å². The van der Waals surface area contributed by atoms with Crippen molar-refractivity contribution in [1.29, 1.82) is 0 Å². The van der Waals surface area contributed by atoms with E-state index in [9.17, 15) is 13.9 Å². The van der Waals surface area contributed by atoms with Crippen LogP contribution in [0.2, 0.25) is 0 Å². The molecule has 0 unspecified atom stereocenters. The van der Waals surface area contributed by atoms with Crippen LogP contribution in [0.25, 0.3) is 0 Å². The van der Waals surface area contributed by atoms with E-state index in [1.807, 2.05) is 0 Å². The maximum absolute atomic E-state index is 15.2. The van der Waals surface area contributed by atoms with Crippen molar-refractivity contribution in [2.45, 2.75) is 55.1 Å². The molecule has 178 valence electrons. The first-order chi connectivity index (χ1) is 15.4. The van der Waals surface area contributed by atoms with E-state index in [2.05, 4.69) is 20.3 Å². The summed E-state index contributed by atoms with van der Waals surface area (Å²) in [7, 11) is -1.87. The number of ether oxygens (including phenoxy) is 1. The Balaban J connectivity index is 1.76. The summed E-state index contributed by atoms with van der Waals surface area (Å²) in [6, 6.07) is 4.09. The van der Waals surface area contributed by atoms with Crippen molar-refractivity contribution in [2.75, 3.05) is 12.4 Å². The second-order valence-corrected chi connectivity index (χ2v) is 11.9. The zero-order chi connectivity index (χ0) is 24.2. The van der Waals surface area contributed by atoms with E-state index in [0.29, 0.717) is 24.9 Å². The number of benzene rings is 1. The fourth-order valence-corrected chi connectivity index (χ4v) is 7.77. The van der Waals surface area contributed by atoms with Crippen LogP contribution in [0.5, 0.6) is 5.88 Å². The van der Waals surface area contributed by atoms with Gasteiger partial charge in [-0.2, -0.15) is 10.6 Å². The Kier molecular flexibility index (Phi) is 5.42. The summed E-state index contributed by atoms with van der Waals surface area (Å²) in [4.78, 5) is 25.3. The van der Waals surface area contributed by atoms with Gasteiger partial charge in [-0.3, -0.25) is 18.9 Å². The first-order valence-electron chi connectivity index (χ1n) is 10.5. The molecule has 33 heavy (non-hydrogen) atoms. The van der Waals surface area contributed by atoms with Crippen molar-refractivity contribution < 1.29 is 23.0 Å². The molecular weight excluding hydrogens is 449 g/mol. The van der Waals surface area contributed by atoms with Crippen molar-refractivity contribution in [1.82, 2.24) is 9.97 Å². The Morgan fingerprint density at radius 1 is 1.21 bits per heavy atom.